The van der Waals surface area contributed by atoms with Gasteiger partial charge in [-0.3, -0.25) is 0 Å². The minimum Gasteiger partial charge on any atom is -0.491 e. The Hall–Kier alpha value is -1.27. The van der Waals surface area contributed by atoms with Crippen LogP contribution < -0.4 is 10.1 Å². The van der Waals surface area contributed by atoms with Gasteiger partial charge in [0.15, 0.2) is 9.84 Å². The molecule has 0 aliphatic carbocycles. The van der Waals surface area contributed by atoms with Crippen molar-refractivity contribution in [3.63, 3.8) is 0 Å². The minimum atomic E-state index is -2.85. The van der Waals surface area contributed by atoms with Gasteiger partial charge in [0.1, 0.15) is 12.4 Å². The standard InChI is InChI=1S/C13H19NO4S/c1-17-6-7-18-13-4-2-3-11(9-13)14-12-5-8-19(15,16)10-12/h2-4,9,12,14H,5-8,10H2,1H3. The Labute approximate surface area is 113 Å². The van der Waals surface area contributed by atoms with Gasteiger partial charge in [-0.05, 0) is 18.6 Å². The second-order valence-corrected chi connectivity index (χ2v) is 6.84. The highest BCUT2D eigenvalue weighted by Gasteiger charge is 2.27. The molecule has 5 nitrogen and oxygen atoms in total. The van der Waals surface area contributed by atoms with E-state index < -0.39 is 9.84 Å². The smallest absolute Gasteiger partial charge is 0.152 e. The summed E-state index contributed by atoms with van der Waals surface area (Å²) in [5, 5.41) is 3.24. The van der Waals surface area contributed by atoms with Crippen molar-refractivity contribution in [2.75, 3.05) is 37.1 Å². The molecule has 1 aliphatic rings. The second kappa shape index (κ2) is 6.25. The maximum atomic E-state index is 11.4. The summed E-state index contributed by atoms with van der Waals surface area (Å²) < 4.78 is 33.2. The molecule has 1 N–H and O–H groups in total. The molecule has 1 aromatic rings. The Bertz CT molecular complexity index is 515. The zero-order valence-electron chi connectivity index (χ0n) is 11.0. The second-order valence-electron chi connectivity index (χ2n) is 4.61. The van der Waals surface area contributed by atoms with Gasteiger partial charge in [0.25, 0.3) is 0 Å². The number of sulfone groups is 1. The fourth-order valence-electron chi connectivity index (χ4n) is 2.06. The highest BCUT2D eigenvalue weighted by atomic mass is 32.2. The minimum absolute atomic E-state index is 0.000717. The Morgan fingerprint density at radius 1 is 1.37 bits per heavy atom. The number of methoxy groups -OCH3 is 1. The fraction of sp³-hybridized carbons (Fsp3) is 0.538. The van der Waals surface area contributed by atoms with E-state index in [0.717, 1.165) is 11.4 Å². The van der Waals surface area contributed by atoms with Gasteiger partial charge in [0, 0.05) is 24.9 Å². The van der Waals surface area contributed by atoms with Crippen molar-refractivity contribution < 1.29 is 17.9 Å². The number of hydrogen-bond acceptors (Lipinski definition) is 5. The molecule has 6 heteroatoms. The lowest BCUT2D eigenvalue weighted by Crippen LogP contribution is -2.20. The predicted octanol–water partition coefficient (Wildman–Crippen LogP) is 1.31. The summed E-state index contributed by atoms with van der Waals surface area (Å²) >= 11 is 0. The summed E-state index contributed by atoms with van der Waals surface area (Å²) in [7, 11) is -1.23. The van der Waals surface area contributed by atoms with E-state index in [-0.39, 0.29) is 17.5 Å². The molecule has 1 aromatic carbocycles. The SMILES string of the molecule is COCCOc1cccc(NC2CCS(=O)(=O)C2)c1. The zero-order chi connectivity index (χ0) is 13.7. The maximum Gasteiger partial charge on any atom is 0.152 e. The third-order valence-corrected chi connectivity index (χ3v) is 4.76. The largest absolute Gasteiger partial charge is 0.491 e. The van der Waals surface area contributed by atoms with Gasteiger partial charge in [-0.2, -0.15) is 0 Å². The Balaban J connectivity index is 1.92. The Morgan fingerprint density at radius 2 is 2.21 bits per heavy atom. The van der Waals surface area contributed by atoms with Gasteiger partial charge >= 0.3 is 0 Å². The molecule has 1 aliphatic heterocycles. The first-order chi connectivity index (χ1) is 9.09. The van der Waals surface area contributed by atoms with Crippen LogP contribution in [-0.2, 0) is 14.6 Å². The molecular formula is C13H19NO4S. The molecule has 1 fully saturated rings. The molecule has 2 rings (SSSR count). The normalized spacial score (nSPS) is 21.2. The summed E-state index contributed by atoms with van der Waals surface area (Å²) in [5.41, 5.74) is 0.886. The lowest BCUT2D eigenvalue weighted by Gasteiger charge is -2.13. The molecule has 0 radical (unpaired) electrons. The molecule has 1 heterocycles. The topological polar surface area (TPSA) is 64.6 Å². The number of hydrogen-bond donors (Lipinski definition) is 1. The van der Waals surface area contributed by atoms with Crippen molar-refractivity contribution in [3.05, 3.63) is 24.3 Å². The van der Waals surface area contributed by atoms with E-state index in [1.165, 1.54) is 0 Å². The number of rotatable bonds is 6. The van der Waals surface area contributed by atoms with Crippen LogP contribution in [0.4, 0.5) is 5.69 Å². The lowest BCUT2D eigenvalue weighted by atomic mass is 10.2. The Kier molecular flexibility index (Phi) is 4.66. The Morgan fingerprint density at radius 3 is 2.89 bits per heavy atom. The van der Waals surface area contributed by atoms with Gasteiger partial charge in [0.05, 0.1) is 18.1 Å². The van der Waals surface area contributed by atoms with Crippen molar-refractivity contribution in [1.29, 1.82) is 0 Å². The molecule has 0 spiro atoms. The molecule has 1 saturated heterocycles. The maximum absolute atomic E-state index is 11.4. The number of anilines is 1. The van der Waals surface area contributed by atoms with Crippen molar-refractivity contribution in [2.45, 2.75) is 12.5 Å². The van der Waals surface area contributed by atoms with Crippen LogP contribution in [0.3, 0.4) is 0 Å². The first-order valence-corrected chi connectivity index (χ1v) is 8.10. The van der Waals surface area contributed by atoms with E-state index in [1.54, 1.807) is 7.11 Å². The third kappa shape index (κ3) is 4.40. The number of nitrogens with one attached hydrogen (secondary N) is 1. The van der Waals surface area contributed by atoms with Crippen LogP contribution in [0.5, 0.6) is 5.75 Å². The van der Waals surface area contributed by atoms with Gasteiger partial charge in [0.2, 0.25) is 0 Å². The highest BCUT2D eigenvalue weighted by Crippen LogP contribution is 2.21. The first-order valence-electron chi connectivity index (χ1n) is 6.28. The zero-order valence-corrected chi connectivity index (χ0v) is 11.8. The van der Waals surface area contributed by atoms with Gasteiger partial charge in [-0.1, -0.05) is 6.07 Å². The van der Waals surface area contributed by atoms with Crippen LogP contribution in [0.1, 0.15) is 6.42 Å². The summed E-state index contributed by atoms with van der Waals surface area (Å²) in [6, 6.07) is 7.54. The lowest BCUT2D eigenvalue weighted by molar-refractivity contribution is 0.146. The third-order valence-electron chi connectivity index (χ3n) is 2.99. The van der Waals surface area contributed by atoms with E-state index in [1.807, 2.05) is 24.3 Å². The van der Waals surface area contributed by atoms with Crippen LogP contribution in [0.2, 0.25) is 0 Å². The summed E-state index contributed by atoms with van der Waals surface area (Å²) in [6.45, 7) is 1.04. The average Bonchev–Trinajstić information content (AvgIpc) is 2.69. The highest BCUT2D eigenvalue weighted by molar-refractivity contribution is 7.91. The van der Waals surface area contributed by atoms with E-state index in [2.05, 4.69) is 5.32 Å². The average molecular weight is 285 g/mol. The molecule has 0 amide bonds. The van der Waals surface area contributed by atoms with Crippen LogP contribution >= 0.6 is 0 Å². The van der Waals surface area contributed by atoms with Crippen LogP contribution in [0.25, 0.3) is 0 Å². The summed E-state index contributed by atoms with van der Waals surface area (Å²) in [5.74, 6) is 1.24. The van der Waals surface area contributed by atoms with Crippen LogP contribution in [0.15, 0.2) is 24.3 Å². The van der Waals surface area contributed by atoms with E-state index >= 15 is 0 Å². The molecule has 106 valence electrons. The predicted molar refractivity (Wildman–Crippen MR) is 74.5 cm³/mol. The van der Waals surface area contributed by atoms with Crippen molar-refractivity contribution in [1.82, 2.24) is 0 Å². The molecule has 0 bridgehead atoms. The molecule has 0 aromatic heterocycles. The van der Waals surface area contributed by atoms with Crippen LogP contribution in [0, 0.1) is 0 Å². The molecule has 0 saturated carbocycles. The molecular weight excluding hydrogens is 266 g/mol. The summed E-state index contributed by atoms with van der Waals surface area (Å²) in [6.07, 6.45) is 0.664. The quantitative estimate of drug-likeness (QED) is 0.798. The van der Waals surface area contributed by atoms with Crippen molar-refractivity contribution in [3.8, 4) is 5.75 Å². The van der Waals surface area contributed by atoms with Gasteiger partial charge < -0.3 is 14.8 Å². The summed E-state index contributed by atoms with van der Waals surface area (Å²) in [4.78, 5) is 0. The van der Waals surface area contributed by atoms with Gasteiger partial charge in [-0.15, -0.1) is 0 Å². The number of ether oxygens (including phenoxy) is 2. The monoisotopic (exact) mass is 285 g/mol. The van der Waals surface area contributed by atoms with E-state index in [9.17, 15) is 8.42 Å². The molecule has 1 unspecified atom stereocenters. The fourth-order valence-corrected chi connectivity index (χ4v) is 3.74. The van der Waals surface area contributed by atoms with E-state index in [0.29, 0.717) is 19.6 Å². The number of benzene rings is 1. The van der Waals surface area contributed by atoms with Crippen molar-refractivity contribution in [2.24, 2.45) is 0 Å². The van der Waals surface area contributed by atoms with Crippen molar-refractivity contribution >= 4 is 15.5 Å². The molecule has 19 heavy (non-hydrogen) atoms. The van der Waals surface area contributed by atoms with E-state index in [4.69, 9.17) is 9.47 Å². The first kappa shape index (κ1) is 14.1. The van der Waals surface area contributed by atoms with Gasteiger partial charge in [-0.25, -0.2) is 8.42 Å². The van der Waals surface area contributed by atoms with Crippen LogP contribution in [-0.4, -0.2) is 46.3 Å². The molecule has 1 atom stereocenters.